The number of sulfonamides is 1. The van der Waals surface area contributed by atoms with Crippen LogP contribution >= 0.6 is 0 Å². The van der Waals surface area contributed by atoms with Crippen LogP contribution in [0.1, 0.15) is 0 Å². The van der Waals surface area contributed by atoms with Crippen molar-refractivity contribution in [3.05, 3.63) is 42.2 Å². The SMILES string of the molecule is COc1ncc(NS(=O)(=O)c2c(F)cccc2F)cn1. The molecule has 2 rings (SSSR count). The van der Waals surface area contributed by atoms with Crippen LogP contribution in [-0.2, 0) is 10.0 Å². The normalized spacial score (nSPS) is 11.2. The van der Waals surface area contributed by atoms with E-state index in [1.54, 1.807) is 0 Å². The molecular formula is C11H9F2N3O3S. The summed E-state index contributed by atoms with van der Waals surface area (Å²) in [6, 6.07) is 2.80. The van der Waals surface area contributed by atoms with Crippen molar-refractivity contribution >= 4 is 15.7 Å². The smallest absolute Gasteiger partial charge is 0.316 e. The van der Waals surface area contributed by atoms with Crippen molar-refractivity contribution in [2.24, 2.45) is 0 Å². The predicted molar refractivity (Wildman–Crippen MR) is 65.8 cm³/mol. The minimum absolute atomic E-state index is 0.0324. The van der Waals surface area contributed by atoms with Gasteiger partial charge in [0.1, 0.15) is 11.6 Å². The van der Waals surface area contributed by atoms with E-state index >= 15 is 0 Å². The number of hydrogen-bond acceptors (Lipinski definition) is 5. The van der Waals surface area contributed by atoms with Crippen LogP contribution in [0.3, 0.4) is 0 Å². The van der Waals surface area contributed by atoms with E-state index in [0.717, 1.165) is 30.6 Å². The van der Waals surface area contributed by atoms with Gasteiger partial charge in [0.15, 0.2) is 4.90 Å². The molecule has 0 aliphatic rings. The van der Waals surface area contributed by atoms with Crippen LogP contribution in [0.4, 0.5) is 14.5 Å². The van der Waals surface area contributed by atoms with Crippen molar-refractivity contribution in [1.29, 1.82) is 0 Å². The second-order valence-corrected chi connectivity index (χ2v) is 5.23. The molecule has 0 aliphatic carbocycles. The molecule has 20 heavy (non-hydrogen) atoms. The molecule has 0 saturated heterocycles. The zero-order valence-corrected chi connectivity index (χ0v) is 11.0. The van der Waals surface area contributed by atoms with Gasteiger partial charge < -0.3 is 4.74 Å². The third-order valence-electron chi connectivity index (χ3n) is 2.25. The predicted octanol–water partition coefficient (Wildman–Crippen LogP) is 1.56. The molecule has 1 N–H and O–H groups in total. The van der Waals surface area contributed by atoms with E-state index in [1.807, 2.05) is 4.72 Å². The first-order chi connectivity index (χ1) is 9.44. The van der Waals surface area contributed by atoms with Crippen molar-refractivity contribution in [2.45, 2.75) is 4.90 Å². The van der Waals surface area contributed by atoms with E-state index in [-0.39, 0.29) is 11.7 Å². The van der Waals surface area contributed by atoms with Gasteiger partial charge in [-0.1, -0.05) is 6.07 Å². The Morgan fingerprint density at radius 1 is 1.15 bits per heavy atom. The summed E-state index contributed by atoms with van der Waals surface area (Å²) in [5.41, 5.74) is -0.0477. The summed E-state index contributed by atoms with van der Waals surface area (Å²) in [6.45, 7) is 0. The van der Waals surface area contributed by atoms with Gasteiger partial charge in [0.2, 0.25) is 0 Å². The van der Waals surface area contributed by atoms with E-state index in [4.69, 9.17) is 4.74 Å². The highest BCUT2D eigenvalue weighted by atomic mass is 32.2. The molecule has 0 fully saturated rings. The van der Waals surface area contributed by atoms with E-state index < -0.39 is 26.6 Å². The molecule has 0 bridgehead atoms. The average Bonchev–Trinajstić information content (AvgIpc) is 2.38. The molecule has 2 aromatic rings. The molecule has 0 aliphatic heterocycles. The van der Waals surface area contributed by atoms with Gasteiger partial charge in [-0.2, -0.15) is 0 Å². The molecule has 0 amide bonds. The van der Waals surface area contributed by atoms with Gasteiger partial charge in [0, 0.05) is 0 Å². The third-order valence-corrected chi connectivity index (χ3v) is 3.68. The molecule has 1 aromatic heterocycles. The van der Waals surface area contributed by atoms with Gasteiger partial charge in [-0.05, 0) is 12.1 Å². The van der Waals surface area contributed by atoms with Gasteiger partial charge in [0.25, 0.3) is 10.0 Å². The Kier molecular flexibility index (Phi) is 3.79. The second-order valence-electron chi connectivity index (χ2n) is 3.61. The Hall–Kier alpha value is -2.29. The first kappa shape index (κ1) is 14.1. The van der Waals surface area contributed by atoms with Crippen molar-refractivity contribution < 1.29 is 21.9 Å². The number of rotatable bonds is 4. The molecule has 1 aromatic carbocycles. The van der Waals surface area contributed by atoms with E-state index in [2.05, 4.69) is 9.97 Å². The lowest BCUT2D eigenvalue weighted by molar-refractivity contribution is 0.380. The first-order valence-corrected chi connectivity index (χ1v) is 6.75. The van der Waals surface area contributed by atoms with E-state index in [1.165, 1.54) is 7.11 Å². The zero-order valence-electron chi connectivity index (χ0n) is 10.2. The minimum Gasteiger partial charge on any atom is -0.467 e. The van der Waals surface area contributed by atoms with Crippen LogP contribution in [0.5, 0.6) is 6.01 Å². The first-order valence-electron chi connectivity index (χ1n) is 5.27. The molecule has 1 heterocycles. The van der Waals surface area contributed by atoms with Crippen molar-refractivity contribution in [3.63, 3.8) is 0 Å². The Balaban J connectivity index is 2.35. The number of anilines is 1. The van der Waals surface area contributed by atoms with Crippen LogP contribution in [0.25, 0.3) is 0 Å². The lowest BCUT2D eigenvalue weighted by Crippen LogP contribution is -2.16. The van der Waals surface area contributed by atoms with Gasteiger partial charge in [-0.25, -0.2) is 27.2 Å². The minimum atomic E-state index is -4.42. The summed E-state index contributed by atoms with van der Waals surface area (Å²) < 4.78 is 57.4. The van der Waals surface area contributed by atoms with Gasteiger partial charge in [0.05, 0.1) is 25.2 Å². The maximum Gasteiger partial charge on any atom is 0.316 e. The molecule has 0 saturated carbocycles. The molecule has 0 radical (unpaired) electrons. The van der Waals surface area contributed by atoms with Gasteiger partial charge in [-0.3, -0.25) is 4.72 Å². The van der Waals surface area contributed by atoms with Crippen molar-refractivity contribution in [3.8, 4) is 6.01 Å². The Morgan fingerprint density at radius 2 is 1.70 bits per heavy atom. The number of aromatic nitrogens is 2. The Bertz CT molecular complexity index is 700. The number of methoxy groups -OCH3 is 1. The monoisotopic (exact) mass is 301 g/mol. The molecule has 0 spiro atoms. The van der Waals surface area contributed by atoms with Gasteiger partial charge >= 0.3 is 6.01 Å². The van der Waals surface area contributed by atoms with Crippen LogP contribution in [0.2, 0.25) is 0 Å². The maximum absolute atomic E-state index is 13.5. The Labute approximate surface area is 113 Å². The molecule has 0 unspecified atom stereocenters. The van der Waals surface area contributed by atoms with Crippen molar-refractivity contribution in [2.75, 3.05) is 11.8 Å². The van der Waals surface area contributed by atoms with Crippen LogP contribution in [0.15, 0.2) is 35.5 Å². The summed E-state index contributed by atoms with van der Waals surface area (Å²) in [4.78, 5) is 6.28. The summed E-state index contributed by atoms with van der Waals surface area (Å²) in [5.74, 6) is -2.38. The molecular weight excluding hydrogens is 292 g/mol. The largest absolute Gasteiger partial charge is 0.467 e. The molecule has 0 atom stereocenters. The zero-order chi connectivity index (χ0) is 14.8. The van der Waals surface area contributed by atoms with Crippen LogP contribution in [0, 0.1) is 11.6 Å². The van der Waals surface area contributed by atoms with Crippen LogP contribution < -0.4 is 9.46 Å². The maximum atomic E-state index is 13.5. The van der Waals surface area contributed by atoms with Gasteiger partial charge in [-0.15, -0.1) is 0 Å². The number of hydrogen-bond donors (Lipinski definition) is 1. The fraction of sp³-hybridized carbons (Fsp3) is 0.0909. The van der Waals surface area contributed by atoms with Crippen molar-refractivity contribution in [1.82, 2.24) is 9.97 Å². The highest BCUT2D eigenvalue weighted by molar-refractivity contribution is 7.92. The summed E-state index contributed by atoms with van der Waals surface area (Å²) in [5, 5.41) is 0. The molecule has 9 heteroatoms. The van der Waals surface area contributed by atoms with E-state index in [9.17, 15) is 17.2 Å². The molecule has 6 nitrogen and oxygen atoms in total. The summed E-state index contributed by atoms with van der Waals surface area (Å²) >= 11 is 0. The number of ether oxygens (including phenoxy) is 1. The number of halogens is 2. The summed E-state index contributed by atoms with van der Waals surface area (Å²) in [6.07, 6.45) is 2.23. The lowest BCUT2D eigenvalue weighted by atomic mass is 10.3. The average molecular weight is 301 g/mol. The highest BCUT2D eigenvalue weighted by Crippen LogP contribution is 2.21. The quantitative estimate of drug-likeness (QED) is 0.927. The number of nitrogens with zero attached hydrogens (tertiary/aromatic N) is 2. The lowest BCUT2D eigenvalue weighted by Gasteiger charge is -2.09. The third kappa shape index (κ3) is 2.82. The number of benzene rings is 1. The number of nitrogens with one attached hydrogen (secondary N) is 1. The van der Waals surface area contributed by atoms with Crippen LogP contribution in [-0.4, -0.2) is 25.5 Å². The Morgan fingerprint density at radius 3 is 2.20 bits per heavy atom. The highest BCUT2D eigenvalue weighted by Gasteiger charge is 2.24. The summed E-state index contributed by atoms with van der Waals surface area (Å²) in [7, 11) is -3.07. The van der Waals surface area contributed by atoms with E-state index in [0.29, 0.717) is 0 Å². The fourth-order valence-electron chi connectivity index (χ4n) is 1.42. The fourth-order valence-corrected chi connectivity index (χ4v) is 2.59. The standard InChI is InChI=1S/C11H9F2N3O3S/c1-19-11-14-5-7(6-15-11)16-20(17,18)10-8(12)3-2-4-9(10)13/h2-6,16H,1H3. The molecule has 106 valence electrons. The second kappa shape index (κ2) is 5.37. The topological polar surface area (TPSA) is 81.2 Å².